The molecule has 0 bridgehead atoms. The van der Waals surface area contributed by atoms with Crippen LogP contribution in [0, 0.1) is 0 Å². The molecule has 0 saturated carbocycles. The number of hydrogen-bond donors (Lipinski definition) is 2. The first-order valence-corrected chi connectivity index (χ1v) is 10.1. The number of Topliss-reactive ketones (excluding diaryl/α,β-unsaturated/α-hetero) is 1. The Morgan fingerprint density at radius 3 is 2.61 bits per heavy atom. The molecule has 162 valence electrons. The number of carbonyl (C=O) groups is 1. The van der Waals surface area contributed by atoms with E-state index in [0.717, 1.165) is 34.1 Å². The van der Waals surface area contributed by atoms with Crippen LogP contribution in [0.4, 0.5) is 0 Å². The molecule has 0 amide bonds. The van der Waals surface area contributed by atoms with Crippen molar-refractivity contribution in [3.63, 3.8) is 0 Å². The van der Waals surface area contributed by atoms with Crippen LogP contribution in [0.15, 0.2) is 54.1 Å². The number of ketones is 1. The van der Waals surface area contributed by atoms with Crippen molar-refractivity contribution in [2.24, 2.45) is 0 Å². The molecule has 2 aromatic carbocycles. The molecule has 5 heteroatoms. The summed E-state index contributed by atoms with van der Waals surface area (Å²) in [5.74, 6) is 0.275. The van der Waals surface area contributed by atoms with E-state index in [1.807, 2.05) is 45.1 Å². The van der Waals surface area contributed by atoms with Gasteiger partial charge in [-0.2, -0.15) is 0 Å². The van der Waals surface area contributed by atoms with E-state index in [0.29, 0.717) is 6.42 Å². The summed E-state index contributed by atoms with van der Waals surface area (Å²) >= 11 is 0. The third-order valence-corrected chi connectivity index (χ3v) is 5.06. The molecule has 1 heterocycles. The van der Waals surface area contributed by atoms with Crippen molar-refractivity contribution in [2.75, 3.05) is 7.11 Å². The molecule has 0 aliphatic carbocycles. The summed E-state index contributed by atoms with van der Waals surface area (Å²) in [4.78, 5) is 12.7. The zero-order valence-electron chi connectivity index (χ0n) is 18.4. The van der Waals surface area contributed by atoms with Crippen LogP contribution in [-0.2, 0) is 6.42 Å². The predicted molar refractivity (Wildman–Crippen MR) is 122 cm³/mol. The lowest BCUT2D eigenvalue weighted by molar-refractivity contribution is 0.0844. The molecule has 0 unspecified atom stereocenters. The van der Waals surface area contributed by atoms with Crippen LogP contribution < -0.4 is 9.47 Å². The molecule has 0 aromatic heterocycles. The lowest BCUT2D eigenvalue weighted by Crippen LogP contribution is -2.21. The molecule has 1 aliphatic heterocycles. The van der Waals surface area contributed by atoms with Gasteiger partial charge in [0, 0.05) is 17.7 Å². The fourth-order valence-electron chi connectivity index (χ4n) is 3.61. The van der Waals surface area contributed by atoms with E-state index in [-0.39, 0.29) is 35.0 Å². The van der Waals surface area contributed by atoms with Crippen molar-refractivity contribution in [1.82, 2.24) is 0 Å². The maximum absolute atomic E-state index is 12.7. The van der Waals surface area contributed by atoms with E-state index < -0.39 is 6.10 Å². The molecule has 3 rings (SSSR count). The molecule has 31 heavy (non-hydrogen) atoms. The number of phenols is 2. The van der Waals surface area contributed by atoms with Crippen molar-refractivity contribution >= 4 is 11.9 Å². The molecule has 2 aromatic rings. The van der Waals surface area contributed by atoms with Crippen molar-refractivity contribution in [3.05, 3.63) is 76.4 Å². The van der Waals surface area contributed by atoms with Gasteiger partial charge < -0.3 is 19.7 Å². The van der Waals surface area contributed by atoms with Crippen LogP contribution in [0.25, 0.3) is 6.08 Å². The molecule has 5 nitrogen and oxygen atoms in total. The van der Waals surface area contributed by atoms with Gasteiger partial charge in [0.15, 0.2) is 5.78 Å². The summed E-state index contributed by atoms with van der Waals surface area (Å²) in [7, 11) is 1.64. The minimum Gasteiger partial charge on any atom is -0.508 e. The summed E-state index contributed by atoms with van der Waals surface area (Å²) in [6.45, 7) is 9.91. The topological polar surface area (TPSA) is 76.0 Å². The van der Waals surface area contributed by atoms with E-state index in [9.17, 15) is 15.0 Å². The smallest absolute Gasteiger partial charge is 0.174 e. The highest BCUT2D eigenvalue weighted by Gasteiger charge is 2.31. The number of phenolic OH excluding ortho intramolecular Hbond substituents is 2. The minimum absolute atomic E-state index is 0.0867. The largest absolute Gasteiger partial charge is 0.508 e. The van der Waals surface area contributed by atoms with Crippen molar-refractivity contribution in [2.45, 2.75) is 39.7 Å². The Morgan fingerprint density at radius 2 is 1.97 bits per heavy atom. The highest BCUT2D eigenvalue weighted by atomic mass is 16.5. The van der Waals surface area contributed by atoms with Gasteiger partial charge in [-0.25, -0.2) is 0 Å². The molecule has 0 radical (unpaired) electrons. The van der Waals surface area contributed by atoms with E-state index >= 15 is 0 Å². The number of hydrogen-bond acceptors (Lipinski definition) is 5. The summed E-state index contributed by atoms with van der Waals surface area (Å²) in [5.41, 5.74) is 4.86. The molecular weight excluding hydrogens is 392 g/mol. The number of benzene rings is 2. The number of fused-ring (bicyclic) bond motifs is 1. The second kappa shape index (κ2) is 9.13. The molecule has 1 atom stereocenters. The van der Waals surface area contributed by atoms with Gasteiger partial charge in [0.25, 0.3) is 0 Å². The number of ether oxygens (including phenoxy) is 2. The summed E-state index contributed by atoms with van der Waals surface area (Å²) in [5, 5.41) is 19.9. The van der Waals surface area contributed by atoms with Crippen LogP contribution in [0.2, 0.25) is 0 Å². The van der Waals surface area contributed by atoms with Gasteiger partial charge in [0.1, 0.15) is 34.7 Å². The minimum atomic E-state index is -0.547. The third-order valence-electron chi connectivity index (χ3n) is 5.06. The van der Waals surface area contributed by atoms with E-state index in [4.69, 9.17) is 9.47 Å². The second-order valence-electron chi connectivity index (χ2n) is 8.04. The Morgan fingerprint density at radius 1 is 1.23 bits per heavy atom. The first-order valence-electron chi connectivity index (χ1n) is 10.1. The van der Waals surface area contributed by atoms with Crippen molar-refractivity contribution in [1.29, 1.82) is 0 Å². The van der Waals surface area contributed by atoms with Gasteiger partial charge in [0.2, 0.25) is 0 Å². The van der Waals surface area contributed by atoms with Gasteiger partial charge in [-0.05, 0) is 50.5 Å². The maximum atomic E-state index is 12.7. The molecule has 1 aliphatic rings. The number of rotatable bonds is 6. The first kappa shape index (κ1) is 22.2. The Labute approximate surface area is 183 Å². The highest BCUT2D eigenvalue weighted by molar-refractivity contribution is 6.02. The summed E-state index contributed by atoms with van der Waals surface area (Å²) in [6.07, 6.45) is 6.17. The predicted octanol–water partition coefficient (Wildman–Crippen LogP) is 5.91. The normalized spacial score (nSPS) is 15.4. The third kappa shape index (κ3) is 5.00. The molecule has 2 N–H and O–H groups in total. The SMILES string of the molecule is C=C(C)C=Cc1cc([C@@H]2CC(=O)c3c(O)cc(O)cc3O2)cc(CC=C(C)C)c1OC. The van der Waals surface area contributed by atoms with Crippen LogP contribution in [0.5, 0.6) is 23.0 Å². The van der Waals surface area contributed by atoms with E-state index in [1.165, 1.54) is 11.6 Å². The number of aromatic hydroxyl groups is 2. The molecule has 0 saturated heterocycles. The Bertz CT molecular complexity index is 1090. The molecular formula is C26H28O5. The lowest BCUT2D eigenvalue weighted by atomic mass is 9.92. The van der Waals surface area contributed by atoms with Crippen LogP contribution in [0.1, 0.15) is 60.3 Å². The highest BCUT2D eigenvalue weighted by Crippen LogP contribution is 2.42. The van der Waals surface area contributed by atoms with Gasteiger partial charge in [-0.1, -0.05) is 36.0 Å². The van der Waals surface area contributed by atoms with Gasteiger partial charge in [-0.15, -0.1) is 0 Å². The lowest BCUT2D eigenvalue weighted by Gasteiger charge is -2.27. The fourth-order valence-corrected chi connectivity index (χ4v) is 3.61. The van der Waals surface area contributed by atoms with Crippen LogP contribution in [-0.4, -0.2) is 23.1 Å². The average molecular weight is 421 g/mol. The van der Waals surface area contributed by atoms with Crippen LogP contribution in [0.3, 0.4) is 0 Å². The van der Waals surface area contributed by atoms with Gasteiger partial charge in [0.05, 0.1) is 13.5 Å². The standard InChI is InChI=1S/C26H28O5/c1-15(2)6-8-17-10-19(11-18(26(17)30-5)9-7-16(3)4)23-14-22(29)25-21(28)12-20(27)13-24(25)31-23/h6-8,10-13,23,27-28H,1,9,14H2,2-5H3/t23-/m0/s1. The molecule has 0 fully saturated rings. The molecule has 0 spiro atoms. The monoisotopic (exact) mass is 420 g/mol. The van der Waals surface area contributed by atoms with Gasteiger partial charge in [-0.3, -0.25) is 4.79 Å². The number of methoxy groups -OCH3 is 1. The van der Waals surface area contributed by atoms with Crippen molar-refractivity contribution < 1.29 is 24.5 Å². The average Bonchev–Trinajstić information content (AvgIpc) is 2.69. The Balaban J connectivity index is 2.10. The van der Waals surface area contributed by atoms with E-state index in [2.05, 4.69) is 12.7 Å². The quantitative estimate of drug-likeness (QED) is 0.449. The number of allylic oxidation sites excluding steroid dienone is 4. The van der Waals surface area contributed by atoms with E-state index in [1.54, 1.807) is 7.11 Å². The second-order valence-corrected chi connectivity index (χ2v) is 8.04. The maximum Gasteiger partial charge on any atom is 0.174 e. The summed E-state index contributed by atoms with van der Waals surface area (Å²) in [6, 6.07) is 6.43. The fraction of sp³-hybridized carbons (Fsp3) is 0.269. The number of carbonyl (C=O) groups excluding carboxylic acids is 1. The van der Waals surface area contributed by atoms with Crippen molar-refractivity contribution in [3.8, 4) is 23.0 Å². The van der Waals surface area contributed by atoms with Crippen LogP contribution >= 0.6 is 0 Å². The Hall–Kier alpha value is -3.47. The van der Waals surface area contributed by atoms with Gasteiger partial charge >= 0.3 is 0 Å². The first-order chi connectivity index (χ1) is 14.7. The Kier molecular flexibility index (Phi) is 6.54. The zero-order valence-corrected chi connectivity index (χ0v) is 18.4. The summed E-state index contributed by atoms with van der Waals surface area (Å²) < 4.78 is 11.8. The zero-order chi connectivity index (χ0) is 22.7.